The average Bonchev–Trinajstić information content (AvgIpc) is 3.09. The number of amides is 1. The number of benzene rings is 2. The summed E-state index contributed by atoms with van der Waals surface area (Å²) in [6.07, 6.45) is -1.03. The fourth-order valence-corrected chi connectivity index (χ4v) is 4.58. The molecule has 4 rings (SSSR count). The first-order valence-corrected chi connectivity index (χ1v) is 10.6. The summed E-state index contributed by atoms with van der Waals surface area (Å²) in [5.41, 5.74) is 4.94. The van der Waals surface area contributed by atoms with E-state index in [1.165, 1.54) is 36.4 Å². The minimum absolute atomic E-state index is 0.135. The lowest BCUT2D eigenvalue weighted by molar-refractivity contribution is -0.384. The fraction of sp³-hybridized carbons (Fsp3) is 0.105. The normalized spacial score (nSPS) is 15.4. The number of anilines is 1. The molecule has 1 amide bonds. The van der Waals surface area contributed by atoms with Gasteiger partial charge in [-0.15, -0.1) is 0 Å². The maximum Gasteiger partial charge on any atom is 0.341 e. The van der Waals surface area contributed by atoms with E-state index in [0.717, 1.165) is 5.56 Å². The molecule has 0 aliphatic carbocycles. The van der Waals surface area contributed by atoms with E-state index in [-0.39, 0.29) is 27.8 Å². The Hall–Kier alpha value is -4.26. The van der Waals surface area contributed by atoms with Crippen molar-refractivity contribution in [2.45, 2.75) is 18.0 Å². The molecule has 1 aliphatic rings. The molecule has 13 heteroatoms. The van der Waals surface area contributed by atoms with E-state index in [9.17, 15) is 28.1 Å². The van der Waals surface area contributed by atoms with Crippen LogP contribution in [0.2, 0.25) is 0 Å². The van der Waals surface area contributed by atoms with Crippen molar-refractivity contribution in [1.82, 2.24) is 8.96 Å². The first kappa shape index (κ1) is 21.0. The molecule has 0 bridgehead atoms. The fourth-order valence-electron chi connectivity index (χ4n) is 3.25. The van der Waals surface area contributed by atoms with Crippen molar-refractivity contribution < 1.29 is 18.1 Å². The Morgan fingerprint density at radius 2 is 1.78 bits per heavy atom. The van der Waals surface area contributed by atoms with Crippen molar-refractivity contribution >= 4 is 33.1 Å². The van der Waals surface area contributed by atoms with Gasteiger partial charge in [0.2, 0.25) is 0 Å². The Bertz CT molecular complexity index is 1430. The van der Waals surface area contributed by atoms with E-state index >= 15 is 0 Å². The zero-order valence-corrected chi connectivity index (χ0v) is 17.3. The number of H-pyrrole nitrogens is 1. The van der Waals surface area contributed by atoms with E-state index in [2.05, 4.69) is 15.3 Å². The van der Waals surface area contributed by atoms with Crippen LogP contribution in [0.15, 0.2) is 63.2 Å². The van der Waals surface area contributed by atoms with Crippen molar-refractivity contribution in [2.75, 3.05) is 5.32 Å². The first-order chi connectivity index (χ1) is 15.1. The minimum Gasteiger partial charge on any atom is -0.364 e. The number of hydrogen-bond acceptors (Lipinski definition) is 8. The monoisotopic (exact) mass is 456 g/mol. The van der Waals surface area contributed by atoms with E-state index in [4.69, 9.17) is 5.73 Å². The summed E-state index contributed by atoms with van der Waals surface area (Å²) < 4.78 is 26.9. The van der Waals surface area contributed by atoms with Gasteiger partial charge in [0.1, 0.15) is 11.9 Å². The molecule has 1 unspecified atom stereocenters. The number of nitro groups is 1. The van der Waals surface area contributed by atoms with Gasteiger partial charge in [-0.25, -0.2) is 18.2 Å². The molecule has 3 aromatic rings. The van der Waals surface area contributed by atoms with Gasteiger partial charge in [0.15, 0.2) is 11.5 Å². The Balaban J connectivity index is 1.86. The van der Waals surface area contributed by atoms with Crippen molar-refractivity contribution in [3.8, 4) is 0 Å². The predicted molar refractivity (Wildman–Crippen MR) is 114 cm³/mol. The molecular weight excluding hydrogens is 440 g/mol. The van der Waals surface area contributed by atoms with Crippen LogP contribution in [0.25, 0.3) is 0 Å². The number of fused-ring (bicyclic) bond motifs is 1. The molecule has 0 saturated carbocycles. The van der Waals surface area contributed by atoms with Crippen molar-refractivity contribution in [3.63, 3.8) is 0 Å². The summed E-state index contributed by atoms with van der Waals surface area (Å²) in [6, 6.07) is 11.1. The highest BCUT2D eigenvalue weighted by Gasteiger charge is 2.34. The number of aromatic nitrogens is 2. The zero-order chi connectivity index (χ0) is 23.2. The standard InChI is InChI=1S/C19H16N6O6S/c1-10-2-8-13(9-3-10)32(30,31)24-18-15(22-19(24)27)14(16(20)26)21-17(23-18)11-4-6-12(7-5-11)25(28)29/h2-9,17,23H,1H3,(H2,20,26)(H,22,27). The molecule has 0 radical (unpaired) electrons. The lowest BCUT2D eigenvalue weighted by Gasteiger charge is -2.23. The summed E-state index contributed by atoms with van der Waals surface area (Å²) in [6.45, 7) is 1.78. The molecule has 2 aromatic carbocycles. The van der Waals surface area contributed by atoms with Gasteiger partial charge in [-0.2, -0.15) is 3.97 Å². The number of nitrogens with two attached hydrogens (primary N) is 1. The van der Waals surface area contributed by atoms with Crippen LogP contribution in [-0.4, -0.2) is 33.9 Å². The molecule has 164 valence electrons. The summed E-state index contributed by atoms with van der Waals surface area (Å²) in [5.74, 6) is -1.21. The number of aliphatic imine (C=N–C) groups is 1. The molecule has 2 heterocycles. The number of nitrogens with zero attached hydrogens (tertiary/aromatic N) is 3. The number of imidazole rings is 1. The second kappa shape index (κ2) is 7.46. The molecule has 1 aliphatic heterocycles. The largest absolute Gasteiger partial charge is 0.364 e. The maximum absolute atomic E-state index is 13.2. The van der Waals surface area contributed by atoms with Crippen LogP contribution in [0.3, 0.4) is 0 Å². The molecule has 4 N–H and O–H groups in total. The van der Waals surface area contributed by atoms with E-state index in [0.29, 0.717) is 9.54 Å². The van der Waals surface area contributed by atoms with Gasteiger partial charge in [-0.3, -0.25) is 14.9 Å². The third-order valence-electron chi connectivity index (χ3n) is 4.84. The van der Waals surface area contributed by atoms with Gasteiger partial charge < -0.3 is 16.0 Å². The molecular formula is C19H16N6O6S. The first-order valence-electron chi connectivity index (χ1n) is 9.15. The number of aryl methyl sites for hydroxylation is 1. The Morgan fingerprint density at radius 3 is 2.34 bits per heavy atom. The summed E-state index contributed by atoms with van der Waals surface area (Å²) >= 11 is 0. The zero-order valence-electron chi connectivity index (χ0n) is 16.5. The van der Waals surface area contributed by atoms with E-state index in [1.807, 2.05) is 0 Å². The molecule has 12 nitrogen and oxygen atoms in total. The number of aromatic amines is 1. The van der Waals surface area contributed by atoms with Gasteiger partial charge in [-0.05, 0) is 36.8 Å². The second-order valence-electron chi connectivity index (χ2n) is 6.97. The molecule has 0 saturated heterocycles. The van der Waals surface area contributed by atoms with Crippen LogP contribution in [0, 0.1) is 17.0 Å². The van der Waals surface area contributed by atoms with Crippen LogP contribution in [0.1, 0.15) is 23.0 Å². The number of carbonyl (C=O) groups is 1. The number of nitro benzene ring substituents is 1. The highest BCUT2D eigenvalue weighted by atomic mass is 32.2. The SMILES string of the molecule is Cc1ccc(S(=O)(=O)n2c3c([nH]c2=O)C(C(N)=O)=NC(c2ccc([N+](=O)[O-])cc2)N3)cc1. The van der Waals surface area contributed by atoms with Gasteiger partial charge in [-0.1, -0.05) is 17.7 Å². The van der Waals surface area contributed by atoms with Gasteiger partial charge in [0, 0.05) is 12.1 Å². The average molecular weight is 456 g/mol. The van der Waals surface area contributed by atoms with Crippen LogP contribution in [0.4, 0.5) is 11.5 Å². The Labute approximate surface area is 180 Å². The van der Waals surface area contributed by atoms with Crippen molar-refractivity contribution in [1.29, 1.82) is 0 Å². The Morgan fingerprint density at radius 1 is 1.16 bits per heavy atom. The molecule has 32 heavy (non-hydrogen) atoms. The topological polar surface area (TPSA) is 183 Å². The number of non-ortho nitro benzene ring substituents is 1. The van der Waals surface area contributed by atoms with Crippen LogP contribution >= 0.6 is 0 Å². The molecule has 1 atom stereocenters. The number of hydrogen-bond donors (Lipinski definition) is 3. The van der Waals surface area contributed by atoms with E-state index < -0.39 is 32.7 Å². The van der Waals surface area contributed by atoms with Crippen LogP contribution in [0.5, 0.6) is 0 Å². The smallest absolute Gasteiger partial charge is 0.341 e. The Kier molecular flexibility index (Phi) is 4.89. The maximum atomic E-state index is 13.2. The lowest BCUT2D eigenvalue weighted by atomic mass is 10.1. The van der Waals surface area contributed by atoms with Crippen LogP contribution < -0.4 is 16.7 Å². The molecule has 0 spiro atoms. The number of nitrogens with one attached hydrogen (secondary N) is 2. The summed E-state index contributed by atoms with van der Waals surface area (Å²) in [7, 11) is -4.34. The van der Waals surface area contributed by atoms with Crippen LogP contribution in [-0.2, 0) is 14.8 Å². The van der Waals surface area contributed by atoms with Gasteiger partial charge in [0.05, 0.1) is 9.82 Å². The third kappa shape index (κ3) is 3.43. The highest BCUT2D eigenvalue weighted by molar-refractivity contribution is 7.90. The third-order valence-corrected chi connectivity index (χ3v) is 6.53. The highest BCUT2D eigenvalue weighted by Crippen LogP contribution is 2.31. The van der Waals surface area contributed by atoms with Crippen molar-refractivity contribution in [2.24, 2.45) is 10.7 Å². The quantitative estimate of drug-likeness (QED) is 0.378. The van der Waals surface area contributed by atoms with Gasteiger partial charge >= 0.3 is 5.69 Å². The predicted octanol–water partition coefficient (Wildman–Crippen LogP) is 1.03. The lowest BCUT2D eigenvalue weighted by Crippen LogP contribution is -2.32. The summed E-state index contributed by atoms with van der Waals surface area (Å²) in [5, 5.41) is 13.7. The van der Waals surface area contributed by atoms with Gasteiger partial charge in [0.25, 0.3) is 21.6 Å². The second-order valence-corrected chi connectivity index (χ2v) is 8.76. The van der Waals surface area contributed by atoms with E-state index in [1.54, 1.807) is 19.1 Å². The molecule has 0 fully saturated rings. The van der Waals surface area contributed by atoms with Crippen molar-refractivity contribution in [3.05, 3.63) is 86.0 Å². The number of carbonyl (C=O) groups excluding carboxylic acids is 1. The minimum atomic E-state index is -4.34. The summed E-state index contributed by atoms with van der Waals surface area (Å²) in [4.78, 5) is 41.3. The number of rotatable bonds is 5. The molecule has 1 aromatic heterocycles. The number of primary amides is 1.